The van der Waals surface area contributed by atoms with E-state index in [0.717, 1.165) is 49.7 Å². The van der Waals surface area contributed by atoms with Gasteiger partial charge in [0, 0.05) is 19.3 Å². The minimum Gasteiger partial charge on any atom is -0.462 e. The minimum atomic E-state index is -0.313. The molecule has 45 heavy (non-hydrogen) atoms. The van der Waals surface area contributed by atoms with Crippen LogP contribution in [0.1, 0.15) is 117 Å². The highest BCUT2D eigenvalue weighted by molar-refractivity contribution is 5.74. The van der Waals surface area contributed by atoms with E-state index in [1.54, 1.807) is 24.3 Å². The first-order valence-electron chi connectivity index (χ1n) is 17.2. The van der Waals surface area contributed by atoms with Crippen LogP contribution in [0.15, 0.2) is 61.2 Å². The van der Waals surface area contributed by atoms with Crippen LogP contribution in [-0.4, -0.2) is 24.0 Å². The van der Waals surface area contributed by atoms with Crippen LogP contribution in [0.2, 0.25) is 0 Å². The summed E-state index contributed by atoms with van der Waals surface area (Å²) in [5.41, 5.74) is 1.93. The second-order valence-electron chi connectivity index (χ2n) is 13.0. The quantitative estimate of drug-likeness (QED) is 0.0675. The summed E-state index contributed by atoms with van der Waals surface area (Å²) in [6.07, 6.45) is 15.1. The Hall–Kier alpha value is -3.41. The number of esters is 3. The summed E-state index contributed by atoms with van der Waals surface area (Å²) in [7, 11) is 0. The first-order chi connectivity index (χ1) is 21.7. The van der Waals surface area contributed by atoms with Crippen molar-refractivity contribution in [1.29, 1.82) is 0 Å². The Kier molecular flexibility index (Phi) is 15.9. The molecule has 3 rings (SSSR count). The average molecular weight is 619 g/mol. The molecule has 0 saturated heterocycles. The molecule has 1 aliphatic carbocycles. The lowest BCUT2D eigenvalue weighted by Gasteiger charge is -2.36. The first kappa shape index (κ1) is 36.1. The highest BCUT2D eigenvalue weighted by Gasteiger charge is 2.33. The van der Waals surface area contributed by atoms with Crippen molar-refractivity contribution in [2.45, 2.75) is 123 Å². The largest absolute Gasteiger partial charge is 0.462 e. The van der Waals surface area contributed by atoms with Crippen LogP contribution in [0.25, 0.3) is 11.1 Å². The van der Waals surface area contributed by atoms with Crippen LogP contribution in [0, 0.1) is 17.8 Å². The third-order valence-corrected chi connectivity index (χ3v) is 8.80. The minimum absolute atomic E-state index is 0.0112. The Morgan fingerprint density at radius 1 is 0.711 bits per heavy atom. The monoisotopic (exact) mass is 618 g/mol. The number of carbonyl (C=O) groups excluding carboxylic acids is 3. The van der Waals surface area contributed by atoms with E-state index in [9.17, 15) is 14.4 Å². The van der Waals surface area contributed by atoms with E-state index in [4.69, 9.17) is 14.2 Å². The van der Waals surface area contributed by atoms with E-state index >= 15 is 0 Å². The van der Waals surface area contributed by atoms with Gasteiger partial charge in [0.15, 0.2) is 0 Å². The zero-order valence-electron chi connectivity index (χ0n) is 27.8. The molecule has 6 heteroatoms. The van der Waals surface area contributed by atoms with Gasteiger partial charge in [0.25, 0.3) is 0 Å². The molecule has 2 aromatic rings. The lowest BCUT2D eigenvalue weighted by molar-refractivity contribution is -0.156. The number of rotatable bonds is 19. The van der Waals surface area contributed by atoms with Crippen LogP contribution < -0.4 is 9.47 Å². The lowest BCUT2D eigenvalue weighted by Crippen LogP contribution is -2.35. The molecule has 0 aliphatic heterocycles. The predicted octanol–water partition coefficient (Wildman–Crippen LogP) is 10.0. The maximum Gasteiger partial charge on any atom is 0.311 e. The molecule has 1 fully saturated rings. The van der Waals surface area contributed by atoms with Crippen molar-refractivity contribution in [3.63, 3.8) is 0 Å². The third-order valence-electron chi connectivity index (χ3n) is 8.80. The summed E-state index contributed by atoms with van der Waals surface area (Å²) in [6.45, 7) is 10.4. The van der Waals surface area contributed by atoms with Gasteiger partial charge in [-0.2, -0.15) is 0 Å². The smallest absolute Gasteiger partial charge is 0.311 e. The third kappa shape index (κ3) is 13.6. The molecule has 0 bridgehead atoms. The van der Waals surface area contributed by atoms with Crippen molar-refractivity contribution in [3.8, 4) is 22.6 Å². The maximum atomic E-state index is 12.5. The van der Waals surface area contributed by atoms with E-state index in [1.165, 1.54) is 25.7 Å². The topological polar surface area (TPSA) is 78.9 Å². The number of hydrogen-bond acceptors (Lipinski definition) is 6. The SMILES string of the molecule is C=CCCCCCCCCC(=O)Oc1ccc(-c2ccc(OC(=O)CCCCC(=O)OC3CC(C)CCC3C(C)C)cc2)cc1. The molecular weight excluding hydrogens is 564 g/mol. The fourth-order valence-corrected chi connectivity index (χ4v) is 6.08. The average Bonchev–Trinajstić information content (AvgIpc) is 3.01. The summed E-state index contributed by atoms with van der Waals surface area (Å²) >= 11 is 0. The van der Waals surface area contributed by atoms with Gasteiger partial charge in [0.05, 0.1) is 0 Å². The number of carbonyl (C=O) groups is 3. The van der Waals surface area contributed by atoms with Crippen LogP contribution in [0.3, 0.4) is 0 Å². The standard InChI is InChI=1S/C39H54O6/c1-5-6-7-8-9-10-11-12-15-37(40)43-33-23-19-31(20-24-33)32-21-25-34(26-22-32)44-38(41)16-13-14-17-39(42)45-36-28-30(4)18-27-35(36)29(2)3/h5,19-26,29-30,35-36H,1,6-18,27-28H2,2-4H3. The molecule has 3 unspecified atom stereocenters. The highest BCUT2D eigenvalue weighted by atomic mass is 16.5. The zero-order chi connectivity index (χ0) is 32.4. The summed E-state index contributed by atoms with van der Waals surface area (Å²) in [5.74, 6) is 1.87. The molecular formula is C39H54O6. The Morgan fingerprint density at radius 3 is 1.69 bits per heavy atom. The molecule has 3 atom stereocenters. The summed E-state index contributed by atoms with van der Waals surface area (Å²) in [5, 5.41) is 0. The molecule has 0 N–H and O–H groups in total. The van der Waals surface area contributed by atoms with Crippen molar-refractivity contribution in [1.82, 2.24) is 0 Å². The van der Waals surface area contributed by atoms with Gasteiger partial charge < -0.3 is 14.2 Å². The van der Waals surface area contributed by atoms with Gasteiger partial charge in [-0.3, -0.25) is 14.4 Å². The van der Waals surface area contributed by atoms with E-state index in [0.29, 0.717) is 54.9 Å². The molecule has 0 spiro atoms. The van der Waals surface area contributed by atoms with Gasteiger partial charge in [-0.15, -0.1) is 6.58 Å². The van der Waals surface area contributed by atoms with Crippen molar-refractivity contribution >= 4 is 17.9 Å². The lowest BCUT2D eigenvalue weighted by atomic mass is 9.75. The van der Waals surface area contributed by atoms with Gasteiger partial charge >= 0.3 is 17.9 Å². The Bertz CT molecular complexity index is 1180. The van der Waals surface area contributed by atoms with Gasteiger partial charge in [-0.1, -0.05) is 83.2 Å². The van der Waals surface area contributed by atoms with Crippen molar-refractivity contribution in [2.24, 2.45) is 17.8 Å². The second kappa shape index (κ2) is 19.9. The van der Waals surface area contributed by atoms with Gasteiger partial charge in [0.1, 0.15) is 17.6 Å². The van der Waals surface area contributed by atoms with E-state index in [1.807, 2.05) is 30.3 Å². The van der Waals surface area contributed by atoms with E-state index < -0.39 is 0 Å². The van der Waals surface area contributed by atoms with Crippen LogP contribution in [0.5, 0.6) is 11.5 Å². The Labute approximate surface area is 270 Å². The molecule has 0 heterocycles. The molecule has 0 radical (unpaired) electrons. The predicted molar refractivity (Wildman–Crippen MR) is 180 cm³/mol. The van der Waals surface area contributed by atoms with Crippen molar-refractivity contribution in [3.05, 3.63) is 61.2 Å². The maximum absolute atomic E-state index is 12.5. The molecule has 6 nitrogen and oxygen atoms in total. The number of hydrogen-bond donors (Lipinski definition) is 0. The zero-order valence-corrected chi connectivity index (χ0v) is 27.8. The van der Waals surface area contributed by atoms with Gasteiger partial charge in [-0.05, 0) is 98.1 Å². The first-order valence-corrected chi connectivity index (χ1v) is 17.2. The fourth-order valence-electron chi connectivity index (χ4n) is 6.08. The molecule has 0 aromatic heterocycles. The number of unbranched alkanes of at least 4 members (excludes halogenated alkanes) is 7. The number of ether oxygens (including phenoxy) is 3. The number of benzene rings is 2. The van der Waals surface area contributed by atoms with Crippen molar-refractivity contribution < 1.29 is 28.6 Å². The summed E-state index contributed by atoms with van der Waals surface area (Å²) < 4.78 is 16.9. The fraction of sp³-hybridized carbons (Fsp3) is 0.564. The van der Waals surface area contributed by atoms with Crippen LogP contribution in [0.4, 0.5) is 0 Å². The Morgan fingerprint density at radius 2 is 1.18 bits per heavy atom. The van der Waals surface area contributed by atoms with Crippen molar-refractivity contribution in [2.75, 3.05) is 0 Å². The number of allylic oxidation sites excluding steroid dienone is 1. The second-order valence-corrected chi connectivity index (χ2v) is 13.0. The Balaban J connectivity index is 1.32. The summed E-state index contributed by atoms with van der Waals surface area (Å²) in [4.78, 5) is 37.0. The van der Waals surface area contributed by atoms with Crippen LogP contribution >= 0.6 is 0 Å². The van der Waals surface area contributed by atoms with Gasteiger partial charge in [-0.25, -0.2) is 0 Å². The molecule has 0 amide bonds. The highest BCUT2D eigenvalue weighted by Crippen LogP contribution is 2.35. The molecule has 2 aromatic carbocycles. The van der Waals surface area contributed by atoms with Gasteiger partial charge in [0.2, 0.25) is 0 Å². The molecule has 1 saturated carbocycles. The molecule has 246 valence electrons. The normalized spacial score (nSPS) is 17.9. The van der Waals surface area contributed by atoms with Crippen LogP contribution in [-0.2, 0) is 19.1 Å². The van der Waals surface area contributed by atoms with E-state index in [-0.39, 0.29) is 30.4 Å². The van der Waals surface area contributed by atoms with E-state index in [2.05, 4.69) is 27.4 Å². The summed E-state index contributed by atoms with van der Waals surface area (Å²) in [6, 6.07) is 14.8. The molecule has 1 aliphatic rings.